The van der Waals surface area contributed by atoms with Crippen LogP contribution >= 0.6 is 0 Å². The fourth-order valence-electron chi connectivity index (χ4n) is 1.42. The SMILES string of the molecule is CCC(CC)NS(=O)(=O)c1ccc(N)c(F)c1. The number of rotatable bonds is 5. The predicted octanol–water partition coefficient (Wildman–Crippen LogP) is 1.87. The average molecular weight is 260 g/mol. The summed E-state index contributed by atoms with van der Waals surface area (Å²) < 4.78 is 39.5. The van der Waals surface area contributed by atoms with Gasteiger partial charge in [-0.2, -0.15) is 0 Å². The molecule has 0 heterocycles. The number of hydrogen-bond acceptors (Lipinski definition) is 3. The smallest absolute Gasteiger partial charge is 0.240 e. The third-order valence-corrected chi connectivity index (χ3v) is 4.11. The molecule has 0 radical (unpaired) electrons. The van der Waals surface area contributed by atoms with Crippen LogP contribution in [0, 0.1) is 5.82 Å². The van der Waals surface area contributed by atoms with Crippen molar-refractivity contribution < 1.29 is 12.8 Å². The van der Waals surface area contributed by atoms with Crippen LogP contribution < -0.4 is 10.5 Å². The maximum Gasteiger partial charge on any atom is 0.240 e. The van der Waals surface area contributed by atoms with E-state index in [1.54, 1.807) is 0 Å². The first-order valence-electron chi connectivity index (χ1n) is 5.48. The Morgan fingerprint density at radius 3 is 2.41 bits per heavy atom. The van der Waals surface area contributed by atoms with Gasteiger partial charge in [0.05, 0.1) is 10.6 Å². The molecule has 0 aliphatic rings. The van der Waals surface area contributed by atoms with E-state index in [9.17, 15) is 12.8 Å². The van der Waals surface area contributed by atoms with Crippen molar-refractivity contribution in [3.63, 3.8) is 0 Å². The molecule has 0 aliphatic heterocycles. The third-order valence-electron chi connectivity index (χ3n) is 2.59. The second-order valence-corrected chi connectivity index (χ2v) is 5.53. The van der Waals surface area contributed by atoms with Crippen molar-refractivity contribution in [1.29, 1.82) is 0 Å². The molecule has 4 nitrogen and oxygen atoms in total. The molecule has 0 unspecified atom stereocenters. The number of benzene rings is 1. The lowest BCUT2D eigenvalue weighted by atomic mass is 10.2. The Morgan fingerprint density at radius 2 is 1.94 bits per heavy atom. The van der Waals surface area contributed by atoms with Gasteiger partial charge in [0.2, 0.25) is 10.0 Å². The molecule has 17 heavy (non-hydrogen) atoms. The van der Waals surface area contributed by atoms with Crippen LogP contribution in [0.25, 0.3) is 0 Å². The Hall–Kier alpha value is -1.14. The van der Waals surface area contributed by atoms with Crippen LogP contribution in [-0.4, -0.2) is 14.5 Å². The Balaban J connectivity index is 3.01. The monoisotopic (exact) mass is 260 g/mol. The largest absolute Gasteiger partial charge is 0.396 e. The maximum atomic E-state index is 13.2. The Labute approximate surface area is 101 Å². The summed E-state index contributed by atoms with van der Waals surface area (Å²) in [7, 11) is -3.67. The molecule has 6 heteroatoms. The molecule has 3 N–H and O–H groups in total. The summed E-state index contributed by atoms with van der Waals surface area (Å²) in [5.74, 6) is -0.725. The van der Waals surface area contributed by atoms with Gasteiger partial charge < -0.3 is 5.73 Å². The molecule has 0 aromatic heterocycles. The molecule has 0 bridgehead atoms. The fourth-order valence-corrected chi connectivity index (χ4v) is 2.83. The lowest BCUT2D eigenvalue weighted by Gasteiger charge is -2.15. The highest BCUT2D eigenvalue weighted by Crippen LogP contribution is 2.17. The molecule has 1 aromatic carbocycles. The number of hydrogen-bond donors (Lipinski definition) is 2. The van der Waals surface area contributed by atoms with E-state index >= 15 is 0 Å². The van der Waals surface area contributed by atoms with E-state index in [-0.39, 0.29) is 16.6 Å². The summed E-state index contributed by atoms with van der Waals surface area (Å²) in [5.41, 5.74) is 5.23. The van der Waals surface area contributed by atoms with E-state index in [1.807, 2.05) is 13.8 Å². The maximum absolute atomic E-state index is 13.2. The van der Waals surface area contributed by atoms with Crippen molar-refractivity contribution in [3.8, 4) is 0 Å². The van der Waals surface area contributed by atoms with Gasteiger partial charge in [0, 0.05) is 6.04 Å². The topological polar surface area (TPSA) is 72.2 Å². The third kappa shape index (κ3) is 3.41. The summed E-state index contributed by atoms with van der Waals surface area (Å²) in [6, 6.07) is 3.33. The average Bonchev–Trinajstić information content (AvgIpc) is 2.29. The van der Waals surface area contributed by atoms with Gasteiger partial charge in [-0.3, -0.25) is 0 Å². The summed E-state index contributed by atoms with van der Waals surface area (Å²) in [4.78, 5) is -0.101. The van der Waals surface area contributed by atoms with Gasteiger partial charge in [-0.1, -0.05) is 13.8 Å². The van der Waals surface area contributed by atoms with Crippen LogP contribution in [-0.2, 0) is 10.0 Å². The summed E-state index contributed by atoms with van der Waals surface area (Å²) >= 11 is 0. The van der Waals surface area contributed by atoms with Crippen molar-refractivity contribution in [2.24, 2.45) is 0 Å². The predicted molar refractivity (Wildman–Crippen MR) is 65.5 cm³/mol. The highest BCUT2D eigenvalue weighted by atomic mass is 32.2. The van der Waals surface area contributed by atoms with Gasteiger partial charge in [-0.05, 0) is 31.0 Å². The van der Waals surface area contributed by atoms with Crippen LogP contribution in [0.2, 0.25) is 0 Å². The minimum absolute atomic E-state index is 0.0634. The Bertz CT molecular complexity index is 484. The minimum Gasteiger partial charge on any atom is -0.396 e. The van der Waals surface area contributed by atoms with Gasteiger partial charge in [0.15, 0.2) is 0 Å². The van der Waals surface area contributed by atoms with E-state index in [4.69, 9.17) is 5.73 Å². The molecule has 0 aliphatic carbocycles. The van der Waals surface area contributed by atoms with E-state index in [0.29, 0.717) is 12.8 Å². The Kier molecular flexibility index (Phi) is 4.47. The first kappa shape index (κ1) is 13.9. The van der Waals surface area contributed by atoms with Crippen LogP contribution in [0.1, 0.15) is 26.7 Å². The quantitative estimate of drug-likeness (QED) is 0.794. The van der Waals surface area contributed by atoms with Crippen LogP contribution in [0.15, 0.2) is 23.1 Å². The number of sulfonamides is 1. The number of nitrogen functional groups attached to an aromatic ring is 1. The molecule has 1 aromatic rings. The molecule has 1 rings (SSSR count). The first-order chi connectivity index (χ1) is 7.90. The van der Waals surface area contributed by atoms with Crippen molar-refractivity contribution in [2.45, 2.75) is 37.6 Å². The summed E-state index contributed by atoms with van der Waals surface area (Å²) in [6.45, 7) is 3.78. The van der Waals surface area contributed by atoms with Gasteiger partial charge in [0.25, 0.3) is 0 Å². The fraction of sp³-hybridized carbons (Fsp3) is 0.455. The van der Waals surface area contributed by atoms with E-state index in [2.05, 4.69) is 4.72 Å². The van der Waals surface area contributed by atoms with Gasteiger partial charge in [-0.25, -0.2) is 17.5 Å². The zero-order valence-corrected chi connectivity index (χ0v) is 10.7. The van der Waals surface area contributed by atoms with Crippen molar-refractivity contribution >= 4 is 15.7 Å². The summed E-state index contributed by atoms with van der Waals surface area (Å²) in [5, 5.41) is 0. The van der Waals surface area contributed by atoms with E-state index in [1.165, 1.54) is 12.1 Å². The molecular weight excluding hydrogens is 243 g/mol. The normalized spacial score (nSPS) is 12.0. The van der Waals surface area contributed by atoms with Gasteiger partial charge >= 0.3 is 0 Å². The first-order valence-corrected chi connectivity index (χ1v) is 6.96. The zero-order chi connectivity index (χ0) is 13.1. The second kappa shape index (κ2) is 5.46. The molecule has 0 saturated carbocycles. The van der Waals surface area contributed by atoms with Crippen LogP contribution in [0.4, 0.5) is 10.1 Å². The van der Waals surface area contributed by atoms with Gasteiger partial charge in [-0.15, -0.1) is 0 Å². The number of anilines is 1. The minimum atomic E-state index is -3.67. The molecule has 0 atom stereocenters. The highest BCUT2D eigenvalue weighted by Gasteiger charge is 2.18. The lowest BCUT2D eigenvalue weighted by Crippen LogP contribution is -2.33. The number of nitrogens with one attached hydrogen (secondary N) is 1. The van der Waals surface area contributed by atoms with Crippen molar-refractivity contribution in [2.75, 3.05) is 5.73 Å². The Morgan fingerprint density at radius 1 is 1.35 bits per heavy atom. The van der Waals surface area contributed by atoms with Crippen LogP contribution in [0.3, 0.4) is 0 Å². The molecule has 0 spiro atoms. The van der Waals surface area contributed by atoms with Crippen molar-refractivity contribution in [3.05, 3.63) is 24.0 Å². The molecule has 0 fully saturated rings. The lowest BCUT2D eigenvalue weighted by molar-refractivity contribution is 0.529. The highest BCUT2D eigenvalue weighted by molar-refractivity contribution is 7.89. The molecular formula is C11H17FN2O2S. The standard InChI is InChI=1S/C11H17FN2O2S/c1-3-8(4-2)14-17(15,16)9-5-6-11(13)10(12)7-9/h5-8,14H,3-4,13H2,1-2H3. The second-order valence-electron chi connectivity index (χ2n) is 3.82. The van der Waals surface area contributed by atoms with Gasteiger partial charge in [0.1, 0.15) is 5.82 Å². The molecule has 0 amide bonds. The molecule has 96 valence electrons. The molecule has 0 saturated heterocycles. The van der Waals surface area contributed by atoms with Crippen molar-refractivity contribution in [1.82, 2.24) is 4.72 Å². The number of halogens is 1. The van der Waals surface area contributed by atoms with Crippen LogP contribution in [0.5, 0.6) is 0 Å². The van der Waals surface area contributed by atoms with E-state index < -0.39 is 15.8 Å². The summed E-state index contributed by atoms with van der Waals surface area (Å²) in [6.07, 6.45) is 1.38. The van der Waals surface area contributed by atoms with E-state index in [0.717, 1.165) is 6.07 Å². The zero-order valence-electron chi connectivity index (χ0n) is 9.90. The number of nitrogens with two attached hydrogens (primary N) is 1.